The molecule has 0 atom stereocenters. The molecule has 0 bridgehead atoms. The number of hydrogen-bond acceptors (Lipinski definition) is 2. The maximum Gasteiger partial charge on any atom is 0.253 e. The molecule has 1 aliphatic heterocycles. The van der Waals surface area contributed by atoms with E-state index in [0.717, 1.165) is 15.7 Å². The molecule has 1 N–H and O–H groups in total. The van der Waals surface area contributed by atoms with Gasteiger partial charge in [0.25, 0.3) is 5.91 Å². The van der Waals surface area contributed by atoms with Gasteiger partial charge in [-0.25, -0.2) is 0 Å². The lowest BCUT2D eigenvalue weighted by Gasteiger charge is -2.41. The minimum Gasteiger partial charge on any atom is -0.340 e. The maximum absolute atomic E-state index is 12.8. The van der Waals surface area contributed by atoms with Crippen molar-refractivity contribution in [2.75, 3.05) is 11.4 Å². The molecule has 0 spiro atoms. The van der Waals surface area contributed by atoms with E-state index >= 15 is 0 Å². The van der Waals surface area contributed by atoms with Gasteiger partial charge in [-0.2, -0.15) is 0 Å². The number of benzene rings is 1. The summed E-state index contributed by atoms with van der Waals surface area (Å²) in [4.78, 5) is 26.3. The van der Waals surface area contributed by atoms with E-state index in [1.54, 1.807) is 4.90 Å². The normalized spacial score (nSPS) is 18.1. The van der Waals surface area contributed by atoms with Crippen LogP contribution in [0.2, 0.25) is 0 Å². The van der Waals surface area contributed by atoms with Crippen molar-refractivity contribution in [3.05, 3.63) is 28.2 Å². The largest absolute Gasteiger partial charge is 0.340 e. The standard InChI is InChI=1S/C15H19BrN2O2/c1-4-15(5-2)14(20)18(9-13(19)17-15)11-6-7-12(16)10(3)8-11/h6-8H,4-5,9H2,1-3H3,(H,17,19). The summed E-state index contributed by atoms with van der Waals surface area (Å²) >= 11 is 3.45. The summed E-state index contributed by atoms with van der Waals surface area (Å²) in [6, 6.07) is 5.70. The first kappa shape index (κ1) is 15.0. The molecule has 2 rings (SSSR count). The number of amides is 2. The summed E-state index contributed by atoms with van der Waals surface area (Å²) in [6.07, 6.45) is 1.19. The highest BCUT2D eigenvalue weighted by Crippen LogP contribution is 2.29. The van der Waals surface area contributed by atoms with Gasteiger partial charge in [0.05, 0.1) is 0 Å². The Morgan fingerprint density at radius 3 is 2.50 bits per heavy atom. The molecule has 4 nitrogen and oxygen atoms in total. The number of aryl methyl sites for hydroxylation is 1. The van der Waals surface area contributed by atoms with E-state index in [1.165, 1.54) is 0 Å². The van der Waals surface area contributed by atoms with Gasteiger partial charge in [-0.15, -0.1) is 0 Å². The van der Waals surface area contributed by atoms with Crippen LogP contribution in [0.5, 0.6) is 0 Å². The molecule has 1 aromatic rings. The Bertz CT molecular complexity index is 553. The van der Waals surface area contributed by atoms with Crippen molar-refractivity contribution < 1.29 is 9.59 Å². The first-order valence-corrected chi connectivity index (χ1v) is 7.62. The lowest BCUT2D eigenvalue weighted by molar-refractivity contribution is -0.136. The van der Waals surface area contributed by atoms with Crippen LogP contribution >= 0.6 is 15.9 Å². The van der Waals surface area contributed by atoms with E-state index in [4.69, 9.17) is 0 Å². The molecule has 0 aromatic heterocycles. The predicted molar refractivity (Wildman–Crippen MR) is 82.7 cm³/mol. The number of piperazine rings is 1. The summed E-state index contributed by atoms with van der Waals surface area (Å²) in [6.45, 7) is 5.91. The summed E-state index contributed by atoms with van der Waals surface area (Å²) in [7, 11) is 0. The zero-order valence-electron chi connectivity index (χ0n) is 12.0. The van der Waals surface area contributed by atoms with Crippen LogP contribution < -0.4 is 10.2 Å². The van der Waals surface area contributed by atoms with Crippen molar-refractivity contribution in [2.45, 2.75) is 39.2 Å². The van der Waals surface area contributed by atoms with Crippen molar-refractivity contribution in [2.24, 2.45) is 0 Å². The van der Waals surface area contributed by atoms with Crippen LogP contribution in [-0.2, 0) is 9.59 Å². The van der Waals surface area contributed by atoms with Gasteiger partial charge in [-0.3, -0.25) is 9.59 Å². The summed E-state index contributed by atoms with van der Waals surface area (Å²) < 4.78 is 0.993. The summed E-state index contributed by atoms with van der Waals surface area (Å²) in [5.74, 6) is -0.127. The highest BCUT2D eigenvalue weighted by atomic mass is 79.9. The molecular formula is C15H19BrN2O2. The fourth-order valence-corrected chi connectivity index (χ4v) is 2.81. The van der Waals surface area contributed by atoms with E-state index in [2.05, 4.69) is 21.2 Å². The van der Waals surface area contributed by atoms with E-state index in [0.29, 0.717) is 12.8 Å². The van der Waals surface area contributed by atoms with Crippen molar-refractivity contribution in [3.63, 3.8) is 0 Å². The van der Waals surface area contributed by atoms with Crippen molar-refractivity contribution >= 4 is 33.4 Å². The monoisotopic (exact) mass is 338 g/mol. The molecule has 5 heteroatoms. The Morgan fingerprint density at radius 1 is 1.30 bits per heavy atom. The first-order chi connectivity index (χ1) is 9.43. The Labute approximate surface area is 127 Å². The quantitative estimate of drug-likeness (QED) is 0.921. The number of carbonyl (C=O) groups is 2. The van der Waals surface area contributed by atoms with Crippen LogP contribution in [0, 0.1) is 6.92 Å². The van der Waals surface area contributed by atoms with Crippen LogP contribution in [0.3, 0.4) is 0 Å². The number of carbonyl (C=O) groups excluding carboxylic acids is 2. The molecular weight excluding hydrogens is 320 g/mol. The third kappa shape index (κ3) is 2.46. The van der Waals surface area contributed by atoms with E-state index in [-0.39, 0.29) is 18.4 Å². The zero-order valence-corrected chi connectivity index (χ0v) is 13.6. The second-order valence-corrected chi connectivity index (χ2v) is 6.02. The third-order valence-electron chi connectivity index (χ3n) is 4.00. The van der Waals surface area contributed by atoms with Crippen LogP contribution in [0.1, 0.15) is 32.3 Å². The lowest BCUT2D eigenvalue weighted by Crippen LogP contribution is -2.66. The number of hydrogen-bond donors (Lipinski definition) is 1. The van der Waals surface area contributed by atoms with Crippen LogP contribution in [-0.4, -0.2) is 23.9 Å². The fourth-order valence-electron chi connectivity index (χ4n) is 2.57. The van der Waals surface area contributed by atoms with E-state index in [1.807, 2.05) is 39.0 Å². The van der Waals surface area contributed by atoms with E-state index < -0.39 is 5.54 Å². The van der Waals surface area contributed by atoms with E-state index in [9.17, 15) is 9.59 Å². The van der Waals surface area contributed by atoms with Crippen molar-refractivity contribution in [3.8, 4) is 0 Å². The van der Waals surface area contributed by atoms with Gasteiger partial charge in [0.2, 0.25) is 5.91 Å². The molecule has 108 valence electrons. The fraction of sp³-hybridized carbons (Fsp3) is 0.467. The number of anilines is 1. The summed E-state index contributed by atoms with van der Waals surface area (Å²) in [5.41, 5.74) is 1.05. The third-order valence-corrected chi connectivity index (χ3v) is 4.89. The minimum atomic E-state index is -0.768. The molecule has 1 aromatic carbocycles. The number of nitrogens with one attached hydrogen (secondary N) is 1. The van der Waals surface area contributed by atoms with Crippen molar-refractivity contribution in [1.82, 2.24) is 5.32 Å². The van der Waals surface area contributed by atoms with Gasteiger partial charge >= 0.3 is 0 Å². The molecule has 0 aliphatic carbocycles. The predicted octanol–water partition coefficient (Wildman–Crippen LogP) is 2.78. The molecule has 0 saturated carbocycles. The number of rotatable bonds is 3. The highest BCUT2D eigenvalue weighted by molar-refractivity contribution is 9.10. The maximum atomic E-state index is 12.8. The molecule has 2 amide bonds. The summed E-state index contributed by atoms with van der Waals surface area (Å²) in [5, 5.41) is 2.87. The topological polar surface area (TPSA) is 49.4 Å². The molecule has 1 heterocycles. The van der Waals surface area contributed by atoms with Gasteiger partial charge in [0.15, 0.2) is 0 Å². The van der Waals surface area contributed by atoms with Gasteiger partial charge < -0.3 is 10.2 Å². The van der Waals surface area contributed by atoms with Gasteiger partial charge in [-0.1, -0.05) is 29.8 Å². The van der Waals surface area contributed by atoms with Crippen LogP contribution in [0.4, 0.5) is 5.69 Å². The smallest absolute Gasteiger partial charge is 0.253 e. The molecule has 1 aliphatic rings. The average Bonchev–Trinajstić information content (AvgIpc) is 2.44. The molecule has 0 unspecified atom stereocenters. The van der Waals surface area contributed by atoms with Gasteiger partial charge in [-0.05, 0) is 43.5 Å². The highest BCUT2D eigenvalue weighted by Gasteiger charge is 2.44. The Hall–Kier alpha value is -1.36. The molecule has 1 saturated heterocycles. The molecule has 0 radical (unpaired) electrons. The number of nitrogens with zero attached hydrogens (tertiary/aromatic N) is 1. The van der Waals surface area contributed by atoms with Gasteiger partial charge in [0, 0.05) is 10.2 Å². The second-order valence-electron chi connectivity index (χ2n) is 5.16. The lowest BCUT2D eigenvalue weighted by atomic mass is 9.88. The average molecular weight is 339 g/mol. The molecule has 1 fully saturated rings. The Morgan fingerprint density at radius 2 is 1.95 bits per heavy atom. The van der Waals surface area contributed by atoms with Crippen LogP contribution in [0.15, 0.2) is 22.7 Å². The Balaban J connectivity index is 2.42. The SMILES string of the molecule is CCC1(CC)NC(=O)CN(c2ccc(Br)c(C)c2)C1=O. The molecule has 20 heavy (non-hydrogen) atoms. The minimum absolute atomic E-state index is 0.0242. The van der Waals surface area contributed by atoms with Crippen molar-refractivity contribution in [1.29, 1.82) is 0 Å². The second kappa shape index (κ2) is 5.56. The number of halogens is 1. The Kier molecular flexibility index (Phi) is 4.18. The zero-order chi connectivity index (χ0) is 14.9. The first-order valence-electron chi connectivity index (χ1n) is 6.82. The van der Waals surface area contributed by atoms with Crippen LogP contribution in [0.25, 0.3) is 0 Å². The van der Waals surface area contributed by atoms with Gasteiger partial charge in [0.1, 0.15) is 12.1 Å².